The number of hydrogen-bond acceptors (Lipinski definition) is 1. The van der Waals surface area contributed by atoms with Crippen molar-refractivity contribution in [2.45, 2.75) is 51.0 Å². The number of carbonyl (C=O) groups is 1. The molecule has 2 aliphatic rings. The molecule has 1 saturated heterocycles. The molecule has 126 valence electrons. The number of likely N-dealkylation sites (tertiary alicyclic amines) is 1. The van der Waals surface area contributed by atoms with Gasteiger partial charge in [-0.25, -0.2) is 4.39 Å². The molecule has 1 aromatic carbocycles. The van der Waals surface area contributed by atoms with Crippen molar-refractivity contribution in [3.8, 4) is 0 Å². The number of nitrogens with one attached hydrogen (secondary N) is 2. The summed E-state index contributed by atoms with van der Waals surface area (Å²) in [5.41, 5.74) is 0.672. The smallest absolute Gasteiger partial charge is 0.275 e. The average molecular weight is 319 g/mol. The van der Waals surface area contributed by atoms with Crippen LogP contribution in [-0.4, -0.2) is 31.6 Å². The van der Waals surface area contributed by atoms with E-state index in [2.05, 4.69) is 5.32 Å². The zero-order valence-electron chi connectivity index (χ0n) is 13.8. The monoisotopic (exact) mass is 319 g/mol. The third-order valence-electron chi connectivity index (χ3n) is 5.57. The molecular formula is C19H28FN2O+. The molecule has 1 aromatic rings. The molecule has 0 aromatic heterocycles. The number of hydrogen-bond donors (Lipinski definition) is 2. The Bertz CT molecular complexity index is 532. The fourth-order valence-corrected chi connectivity index (χ4v) is 4.39. The van der Waals surface area contributed by atoms with Gasteiger partial charge in [0.1, 0.15) is 5.82 Å². The molecule has 1 unspecified atom stereocenters. The van der Waals surface area contributed by atoms with Crippen LogP contribution in [0.25, 0.3) is 0 Å². The first-order valence-electron chi connectivity index (χ1n) is 9.08. The molecular weight excluding hydrogens is 291 g/mol. The van der Waals surface area contributed by atoms with Crippen LogP contribution in [0, 0.1) is 11.7 Å². The van der Waals surface area contributed by atoms with Crippen molar-refractivity contribution in [1.82, 2.24) is 5.32 Å². The van der Waals surface area contributed by atoms with E-state index in [1.165, 1.54) is 49.5 Å². The van der Waals surface area contributed by atoms with Gasteiger partial charge in [0.05, 0.1) is 12.6 Å². The third kappa shape index (κ3) is 4.31. The van der Waals surface area contributed by atoms with E-state index in [1.54, 1.807) is 12.1 Å². The first-order valence-corrected chi connectivity index (χ1v) is 9.08. The molecule has 3 nitrogen and oxygen atoms in total. The molecule has 1 aliphatic heterocycles. The summed E-state index contributed by atoms with van der Waals surface area (Å²) in [6, 6.07) is 7.47. The lowest BCUT2D eigenvalue weighted by Crippen LogP contribution is -3.18. The second-order valence-electron chi connectivity index (χ2n) is 7.07. The molecule has 1 amide bonds. The van der Waals surface area contributed by atoms with Gasteiger partial charge < -0.3 is 10.2 Å². The van der Waals surface area contributed by atoms with Crippen molar-refractivity contribution < 1.29 is 14.1 Å². The van der Waals surface area contributed by atoms with Gasteiger partial charge in [-0.1, -0.05) is 24.6 Å². The summed E-state index contributed by atoms with van der Waals surface area (Å²) in [6.45, 7) is 2.22. The van der Waals surface area contributed by atoms with E-state index in [4.69, 9.17) is 0 Å². The lowest BCUT2D eigenvalue weighted by Gasteiger charge is -2.40. The molecule has 4 heteroatoms. The Morgan fingerprint density at radius 2 is 1.96 bits per heavy atom. The van der Waals surface area contributed by atoms with E-state index in [0.29, 0.717) is 31.1 Å². The molecule has 0 spiro atoms. The fourth-order valence-electron chi connectivity index (χ4n) is 4.39. The van der Waals surface area contributed by atoms with Gasteiger partial charge in [0.25, 0.3) is 5.91 Å². The Labute approximate surface area is 138 Å². The fraction of sp³-hybridized carbons (Fsp3) is 0.632. The van der Waals surface area contributed by atoms with Crippen LogP contribution >= 0.6 is 0 Å². The van der Waals surface area contributed by atoms with Crippen LogP contribution in [0.4, 0.5) is 4.39 Å². The summed E-state index contributed by atoms with van der Waals surface area (Å²) in [6.07, 6.45) is 8.47. The minimum atomic E-state index is -0.187. The first-order chi connectivity index (χ1) is 11.2. The van der Waals surface area contributed by atoms with Gasteiger partial charge in [0.15, 0.2) is 6.54 Å². The van der Waals surface area contributed by atoms with Crippen LogP contribution in [0.1, 0.15) is 44.1 Å². The highest BCUT2D eigenvalue weighted by atomic mass is 19.1. The number of rotatable bonds is 5. The van der Waals surface area contributed by atoms with Gasteiger partial charge in [-0.3, -0.25) is 4.79 Å². The number of piperidine rings is 1. The lowest BCUT2D eigenvalue weighted by molar-refractivity contribution is -0.928. The molecule has 0 bridgehead atoms. The van der Waals surface area contributed by atoms with E-state index < -0.39 is 0 Å². The Morgan fingerprint density at radius 1 is 1.17 bits per heavy atom. The number of amides is 1. The van der Waals surface area contributed by atoms with Crippen LogP contribution in [-0.2, 0) is 11.2 Å². The summed E-state index contributed by atoms with van der Waals surface area (Å²) in [4.78, 5) is 13.7. The Balaban J connectivity index is 1.44. The van der Waals surface area contributed by atoms with Crippen molar-refractivity contribution in [2.75, 3.05) is 19.6 Å². The summed E-state index contributed by atoms with van der Waals surface area (Å²) >= 11 is 0. The number of benzene rings is 1. The van der Waals surface area contributed by atoms with Crippen molar-refractivity contribution in [3.63, 3.8) is 0 Å². The largest absolute Gasteiger partial charge is 0.351 e. The second-order valence-corrected chi connectivity index (χ2v) is 7.07. The minimum Gasteiger partial charge on any atom is -0.351 e. The molecule has 1 saturated carbocycles. The van der Waals surface area contributed by atoms with Crippen molar-refractivity contribution >= 4 is 5.91 Å². The molecule has 2 N–H and O–H groups in total. The maximum absolute atomic E-state index is 13.6. The predicted molar refractivity (Wildman–Crippen MR) is 88.8 cm³/mol. The first kappa shape index (κ1) is 16.4. The SMILES string of the molecule is O=C(C[NH+]1CCC[C@H]2CCCC[C@@H]21)NCCc1ccccc1F. The highest BCUT2D eigenvalue weighted by Crippen LogP contribution is 2.28. The van der Waals surface area contributed by atoms with Gasteiger partial charge in [0.2, 0.25) is 0 Å². The topological polar surface area (TPSA) is 33.5 Å². The van der Waals surface area contributed by atoms with Crippen LogP contribution in [0.2, 0.25) is 0 Å². The lowest BCUT2D eigenvalue weighted by atomic mass is 9.78. The normalized spacial score (nSPS) is 27.3. The highest BCUT2D eigenvalue weighted by molar-refractivity contribution is 5.76. The molecule has 3 atom stereocenters. The van der Waals surface area contributed by atoms with E-state index in [-0.39, 0.29) is 11.7 Å². The van der Waals surface area contributed by atoms with Gasteiger partial charge in [-0.15, -0.1) is 0 Å². The van der Waals surface area contributed by atoms with E-state index in [0.717, 1.165) is 12.5 Å². The summed E-state index contributed by atoms with van der Waals surface area (Å²) in [5.74, 6) is 0.759. The second kappa shape index (κ2) is 7.91. The summed E-state index contributed by atoms with van der Waals surface area (Å²) in [5, 5.41) is 2.97. The van der Waals surface area contributed by atoms with Gasteiger partial charge in [0, 0.05) is 12.5 Å². The van der Waals surface area contributed by atoms with Crippen molar-refractivity contribution in [3.05, 3.63) is 35.6 Å². The van der Waals surface area contributed by atoms with Crippen LogP contribution < -0.4 is 10.2 Å². The van der Waals surface area contributed by atoms with E-state index >= 15 is 0 Å². The molecule has 0 radical (unpaired) electrons. The van der Waals surface area contributed by atoms with Crippen molar-refractivity contribution in [1.29, 1.82) is 0 Å². The minimum absolute atomic E-state index is 0.113. The Morgan fingerprint density at radius 3 is 2.83 bits per heavy atom. The Kier molecular flexibility index (Phi) is 5.65. The Hall–Kier alpha value is -1.42. The number of carbonyl (C=O) groups excluding carboxylic acids is 1. The molecule has 23 heavy (non-hydrogen) atoms. The standard InChI is InChI=1S/C19H27FN2O/c20-17-9-3-1-6-15(17)11-12-21-19(23)14-22-13-5-8-16-7-2-4-10-18(16)22/h1,3,6,9,16,18H,2,4-5,7-8,10-14H2,(H,21,23)/p+1/t16-,18+/m1/s1. The van der Waals surface area contributed by atoms with Gasteiger partial charge >= 0.3 is 0 Å². The molecule has 1 heterocycles. The maximum atomic E-state index is 13.6. The predicted octanol–water partition coefficient (Wildman–Crippen LogP) is 1.72. The van der Waals surface area contributed by atoms with Crippen LogP contribution in [0.15, 0.2) is 24.3 Å². The van der Waals surface area contributed by atoms with Crippen LogP contribution in [0.3, 0.4) is 0 Å². The zero-order valence-corrected chi connectivity index (χ0v) is 13.8. The summed E-state index contributed by atoms with van der Waals surface area (Å²) < 4.78 is 13.6. The average Bonchev–Trinajstić information content (AvgIpc) is 2.57. The quantitative estimate of drug-likeness (QED) is 0.851. The third-order valence-corrected chi connectivity index (χ3v) is 5.57. The van der Waals surface area contributed by atoms with E-state index in [1.807, 2.05) is 6.07 Å². The number of quaternary nitrogens is 1. The van der Waals surface area contributed by atoms with Crippen LogP contribution in [0.5, 0.6) is 0 Å². The maximum Gasteiger partial charge on any atom is 0.275 e. The van der Waals surface area contributed by atoms with Gasteiger partial charge in [-0.05, 0) is 50.2 Å². The molecule has 1 aliphatic carbocycles. The zero-order chi connectivity index (χ0) is 16.1. The van der Waals surface area contributed by atoms with E-state index in [9.17, 15) is 9.18 Å². The number of fused-ring (bicyclic) bond motifs is 1. The van der Waals surface area contributed by atoms with Crippen molar-refractivity contribution in [2.24, 2.45) is 5.92 Å². The summed E-state index contributed by atoms with van der Waals surface area (Å²) in [7, 11) is 0. The molecule has 3 rings (SSSR count). The van der Waals surface area contributed by atoms with Gasteiger partial charge in [-0.2, -0.15) is 0 Å². The highest BCUT2D eigenvalue weighted by Gasteiger charge is 2.37. The molecule has 2 fully saturated rings. The number of halogens is 1.